The fourth-order valence-electron chi connectivity index (χ4n) is 8.28. The summed E-state index contributed by atoms with van der Waals surface area (Å²) in [6.45, 7) is 5.71. The summed E-state index contributed by atoms with van der Waals surface area (Å²) in [4.78, 5) is 26.3. The number of amides is 1. The minimum Gasteiger partial charge on any atom is -0.454 e. The summed E-state index contributed by atoms with van der Waals surface area (Å²) in [5.74, 6) is -1.20. The minimum absolute atomic E-state index is 0.116. The second-order valence-electron chi connectivity index (χ2n) is 18.6. The molecule has 0 bridgehead atoms. The van der Waals surface area contributed by atoms with Crippen molar-refractivity contribution in [1.29, 1.82) is 0 Å². The van der Waals surface area contributed by atoms with Crippen LogP contribution in [-0.4, -0.2) is 99.6 Å². The van der Waals surface area contributed by atoms with Crippen LogP contribution in [0, 0.1) is 0 Å². The molecule has 1 aliphatic rings. The molecule has 0 saturated carbocycles. The molecule has 64 heavy (non-hydrogen) atoms. The van der Waals surface area contributed by atoms with Crippen LogP contribution >= 0.6 is 0 Å². The van der Waals surface area contributed by atoms with E-state index in [0.717, 1.165) is 77.0 Å². The van der Waals surface area contributed by atoms with Gasteiger partial charge in [0.25, 0.3) is 0 Å². The highest BCUT2D eigenvalue weighted by atomic mass is 16.7. The Morgan fingerprint density at radius 1 is 0.594 bits per heavy atom. The SMILES string of the molecule is CCCC/C=C\CCCCCCCC(=O)OC1C(OCC(NC(=O)C(O)CCCCCCCCCCCCCCC)C(O)/C=C/CCCCCCCCCCC)OC(CO)C(O)C1O. The monoisotopic (exact) mass is 910 g/mol. The highest BCUT2D eigenvalue weighted by Gasteiger charge is 2.47. The molecule has 1 fully saturated rings. The molecule has 6 N–H and O–H groups in total. The molecular formula is C53H99NO10. The number of carbonyl (C=O) groups is 2. The van der Waals surface area contributed by atoms with Gasteiger partial charge in [-0.1, -0.05) is 212 Å². The van der Waals surface area contributed by atoms with Crippen LogP contribution in [0.25, 0.3) is 0 Å². The number of unbranched alkanes of at least 4 members (excludes halogenated alkanes) is 28. The topological polar surface area (TPSA) is 175 Å². The summed E-state index contributed by atoms with van der Waals surface area (Å²) in [6, 6.07) is -1.02. The Bertz CT molecular complexity index is 1140. The molecular weight excluding hydrogens is 811 g/mol. The van der Waals surface area contributed by atoms with Crippen LogP contribution in [0.2, 0.25) is 0 Å². The van der Waals surface area contributed by atoms with Crippen molar-refractivity contribution in [3.05, 3.63) is 24.3 Å². The van der Waals surface area contributed by atoms with E-state index < -0.39 is 67.4 Å². The molecule has 8 unspecified atom stereocenters. The van der Waals surface area contributed by atoms with Crippen LogP contribution in [0.5, 0.6) is 0 Å². The van der Waals surface area contributed by atoms with Crippen LogP contribution in [0.3, 0.4) is 0 Å². The first-order valence-corrected chi connectivity index (χ1v) is 26.6. The number of aliphatic hydroxyl groups excluding tert-OH is 5. The predicted molar refractivity (Wildman–Crippen MR) is 260 cm³/mol. The molecule has 1 heterocycles. The Labute approximate surface area is 391 Å². The number of hydrogen-bond donors (Lipinski definition) is 6. The fourth-order valence-corrected chi connectivity index (χ4v) is 8.28. The average Bonchev–Trinajstić information content (AvgIpc) is 3.29. The van der Waals surface area contributed by atoms with Crippen molar-refractivity contribution in [2.24, 2.45) is 0 Å². The predicted octanol–water partition coefficient (Wildman–Crippen LogP) is 11.0. The average molecular weight is 910 g/mol. The molecule has 0 aromatic carbocycles. The van der Waals surface area contributed by atoms with Gasteiger partial charge in [0.15, 0.2) is 12.4 Å². The van der Waals surface area contributed by atoms with Gasteiger partial charge < -0.3 is 45.1 Å². The number of nitrogens with one attached hydrogen (secondary N) is 1. The molecule has 0 spiro atoms. The number of carbonyl (C=O) groups excluding carboxylic acids is 2. The molecule has 0 aromatic heterocycles. The highest BCUT2D eigenvalue weighted by Crippen LogP contribution is 2.26. The third kappa shape index (κ3) is 31.2. The zero-order valence-corrected chi connectivity index (χ0v) is 41.2. The third-order valence-corrected chi connectivity index (χ3v) is 12.6. The normalized spacial score (nSPS) is 20.5. The maximum atomic E-state index is 13.3. The van der Waals surface area contributed by atoms with Crippen molar-refractivity contribution in [3.63, 3.8) is 0 Å². The van der Waals surface area contributed by atoms with Gasteiger partial charge in [-0.2, -0.15) is 0 Å². The lowest BCUT2D eigenvalue weighted by Crippen LogP contribution is -2.61. The molecule has 0 radical (unpaired) electrons. The first-order valence-electron chi connectivity index (χ1n) is 26.6. The van der Waals surface area contributed by atoms with Crippen molar-refractivity contribution in [3.8, 4) is 0 Å². The molecule has 11 heteroatoms. The quantitative estimate of drug-likeness (QED) is 0.0196. The van der Waals surface area contributed by atoms with Gasteiger partial charge in [-0.15, -0.1) is 0 Å². The molecule has 1 rings (SSSR count). The highest BCUT2D eigenvalue weighted by molar-refractivity contribution is 5.80. The van der Waals surface area contributed by atoms with Crippen LogP contribution < -0.4 is 5.32 Å². The summed E-state index contributed by atoms with van der Waals surface area (Å²) in [5, 5.41) is 56.5. The van der Waals surface area contributed by atoms with Crippen molar-refractivity contribution in [1.82, 2.24) is 5.32 Å². The van der Waals surface area contributed by atoms with Crippen molar-refractivity contribution < 1.29 is 49.3 Å². The molecule has 8 atom stereocenters. The van der Waals surface area contributed by atoms with E-state index in [0.29, 0.717) is 19.3 Å². The molecule has 1 saturated heterocycles. The second-order valence-corrected chi connectivity index (χ2v) is 18.6. The van der Waals surface area contributed by atoms with Crippen LogP contribution in [0.15, 0.2) is 24.3 Å². The lowest BCUT2D eigenvalue weighted by Gasteiger charge is -2.41. The number of ether oxygens (including phenoxy) is 3. The maximum absolute atomic E-state index is 13.3. The third-order valence-electron chi connectivity index (χ3n) is 12.6. The van der Waals surface area contributed by atoms with Crippen LogP contribution in [0.4, 0.5) is 0 Å². The lowest BCUT2D eigenvalue weighted by atomic mass is 9.99. The number of esters is 1. The molecule has 0 aromatic rings. The standard InChI is InChI=1S/C53H99NO10/c1-4-7-10-13-16-19-22-23-26-28-31-34-37-40-46(57)52(61)54-44(45(56)39-36-33-30-27-24-20-17-14-11-8-5-2)43-62-53-51(50(60)49(59)47(42-55)63-53)64-48(58)41-38-35-32-29-25-21-18-15-12-9-6-3/h15,18,36,39,44-47,49-51,53,55-57,59-60H,4-14,16-17,19-35,37-38,40-43H2,1-3H3,(H,54,61)/b18-15-,39-36+. The van der Waals surface area contributed by atoms with Crippen molar-refractivity contribution in [2.75, 3.05) is 13.2 Å². The smallest absolute Gasteiger partial charge is 0.306 e. The summed E-state index contributed by atoms with van der Waals surface area (Å²) in [7, 11) is 0. The second kappa shape index (κ2) is 42.5. The number of hydrogen-bond acceptors (Lipinski definition) is 10. The number of rotatable bonds is 44. The van der Waals surface area contributed by atoms with Gasteiger partial charge in [0.1, 0.15) is 24.4 Å². The Morgan fingerprint density at radius 2 is 1.05 bits per heavy atom. The van der Waals surface area contributed by atoms with Gasteiger partial charge in [-0.25, -0.2) is 0 Å². The van der Waals surface area contributed by atoms with Crippen molar-refractivity contribution >= 4 is 11.9 Å². The minimum atomic E-state index is -1.61. The summed E-state index contributed by atoms with van der Waals surface area (Å²) in [6.07, 6.45) is 35.2. The summed E-state index contributed by atoms with van der Waals surface area (Å²) in [5.41, 5.74) is 0. The van der Waals surface area contributed by atoms with Crippen molar-refractivity contribution in [2.45, 2.75) is 288 Å². The largest absolute Gasteiger partial charge is 0.454 e. The molecule has 1 amide bonds. The van der Waals surface area contributed by atoms with E-state index in [-0.39, 0.29) is 13.0 Å². The van der Waals surface area contributed by atoms with Gasteiger partial charge in [0.2, 0.25) is 5.91 Å². The lowest BCUT2D eigenvalue weighted by molar-refractivity contribution is -0.305. The van der Waals surface area contributed by atoms with E-state index in [1.54, 1.807) is 6.08 Å². The first-order chi connectivity index (χ1) is 31.2. The van der Waals surface area contributed by atoms with Gasteiger partial charge in [0.05, 0.1) is 25.4 Å². The maximum Gasteiger partial charge on any atom is 0.306 e. The first kappa shape index (κ1) is 60.2. The Kier molecular flexibility index (Phi) is 39.9. The van der Waals surface area contributed by atoms with E-state index in [2.05, 4.69) is 38.2 Å². The van der Waals surface area contributed by atoms with Gasteiger partial charge in [0, 0.05) is 6.42 Å². The Hall–Kier alpha value is -1.86. The van der Waals surface area contributed by atoms with Gasteiger partial charge >= 0.3 is 5.97 Å². The molecule has 1 aliphatic heterocycles. The molecule has 0 aliphatic carbocycles. The van der Waals surface area contributed by atoms with E-state index in [4.69, 9.17) is 14.2 Å². The Balaban J connectivity index is 2.77. The van der Waals surface area contributed by atoms with E-state index >= 15 is 0 Å². The molecule has 376 valence electrons. The fraction of sp³-hybridized carbons (Fsp3) is 0.887. The van der Waals surface area contributed by atoms with Crippen LogP contribution in [-0.2, 0) is 23.8 Å². The van der Waals surface area contributed by atoms with Gasteiger partial charge in [-0.3, -0.25) is 9.59 Å². The number of allylic oxidation sites excluding steroid dienone is 3. The Morgan fingerprint density at radius 3 is 1.56 bits per heavy atom. The molecule has 11 nitrogen and oxygen atoms in total. The zero-order valence-electron chi connectivity index (χ0n) is 41.2. The number of aliphatic hydroxyl groups is 5. The van der Waals surface area contributed by atoms with Gasteiger partial charge in [-0.05, 0) is 44.9 Å². The summed E-state index contributed by atoms with van der Waals surface area (Å²) >= 11 is 0. The van der Waals surface area contributed by atoms with E-state index in [9.17, 15) is 35.1 Å². The van der Waals surface area contributed by atoms with Crippen LogP contribution in [0.1, 0.15) is 239 Å². The van der Waals surface area contributed by atoms with E-state index in [1.807, 2.05) is 6.08 Å². The summed E-state index contributed by atoms with van der Waals surface area (Å²) < 4.78 is 17.5. The zero-order chi connectivity index (χ0) is 46.9. The van der Waals surface area contributed by atoms with E-state index in [1.165, 1.54) is 116 Å².